The molecular formula is C7H9FO2. The molecule has 0 aliphatic heterocycles. The van der Waals surface area contributed by atoms with Crippen molar-refractivity contribution in [3.05, 3.63) is 0 Å². The third kappa shape index (κ3) is 1.40. The number of hydrogen-bond donors (Lipinski definition) is 0. The van der Waals surface area contributed by atoms with Crippen molar-refractivity contribution in [2.75, 3.05) is 0 Å². The third-order valence-electron chi connectivity index (χ3n) is 1.66. The Kier molecular flexibility index (Phi) is 2.14. The second-order valence-electron chi connectivity index (χ2n) is 2.50. The van der Waals surface area contributed by atoms with E-state index in [4.69, 9.17) is 0 Å². The number of carbonyl (C=O) groups is 2. The van der Waals surface area contributed by atoms with Crippen molar-refractivity contribution in [3.8, 4) is 0 Å². The molecule has 0 unspecified atom stereocenters. The van der Waals surface area contributed by atoms with Crippen LogP contribution in [0.15, 0.2) is 0 Å². The maximum atomic E-state index is 12.5. The van der Waals surface area contributed by atoms with Gasteiger partial charge in [0.05, 0.1) is 0 Å². The van der Waals surface area contributed by atoms with Gasteiger partial charge >= 0.3 is 0 Å². The maximum absolute atomic E-state index is 12.5. The highest BCUT2D eigenvalue weighted by molar-refractivity contribution is 6.05. The first kappa shape index (κ1) is 7.38. The smallest absolute Gasteiger partial charge is 0.216 e. The second-order valence-corrected chi connectivity index (χ2v) is 2.50. The fourth-order valence-corrected chi connectivity index (χ4v) is 1.03. The predicted molar refractivity (Wildman–Crippen MR) is 33.4 cm³/mol. The zero-order chi connectivity index (χ0) is 7.56. The van der Waals surface area contributed by atoms with Crippen molar-refractivity contribution in [1.29, 1.82) is 0 Å². The molecule has 0 atom stereocenters. The molecule has 1 saturated carbocycles. The molecule has 0 heterocycles. The first-order valence-electron chi connectivity index (χ1n) is 3.41. The Morgan fingerprint density at radius 2 is 1.50 bits per heavy atom. The Bertz CT molecular complexity index is 147. The number of rotatable bonds is 0. The summed E-state index contributed by atoms with van der Waals surface area (Å²) in [6, 6.07) is 0. The average Bonchev–Trinajstić information content (AvgIpc) is 2.04. The number of halogens is 1. The molecule has 0 radical (unpaired) electrons. The van der Waals surface area contributed by atoms with E-state index in [0.29, 0.717) is 12.8 Å². The summed E-state index contributed by atoms with van der Waals surface area (Å²) in [5, 5.41) is 0. The number of alkyl halides is 1. The lowest BCUT2D eigenvalue weighted by Gasteiger charge is -1.97. The van der Waals surface area contributed by atoms with Crippen LogP contribution in [0.5, 0.6) is 0 Å². The molecule has 1 fully saturated rings. The van der Waals surface area contributed by atoms with Crippen LogP contribution in [0.4, 0.5) is 4.39 Å². The van der Waals surface area contributed by atoms with Crippen molar-refractivity contribution in [2.24, 2.45) is 0 Å². The van der Waals surface area contributed by atoms with Gasteiger partial charge in [0.15, 0.2) is 11.6 Å². The van der Waals surface area contributed by atoms with Crippen LogP contribution in [0, 0.1) is 0 Å². The molecule has 1 aliphatic carbocycles. The predicted octanol–water partition coefficient (Wildman–Crippen LogP) is 1.04. The summed E-state index contributed by atoms with van der Waals surface area (Å²) in [7, 11) is 0. The summed E-state index contributed by atoms with van der Waals surface area (Å²) in [4.78, 5) is 21.3. The lowest BCUT2D eigenvalue weighted by atomic mass is 10.1. The van der Waals surface area contributed by atoms with Crippen LogP contribution >= 0.6 is 0 Å². The number of ketones is 2. The normalized spacial score (nSPS) is 22.9. The van der Waals surface area contributed by atoms with E-state index in [0.717, 1.165) is 0 Å². The first-order valence-corrected chi connectivity index (χ1v) is 3.41. The lowest BCUT2D eigenvalue weighted by Crippen LogP contribution is -2.22. The van der Waals surface area contributed by atoms with Gasteiger partial charge in [-0.3, -0.25) is 9.59 Å². The van der Waals surface area contributed by atoms with Crippen LogP contribution in [0.3, 0.4) is 0 Å². The molecule has 0 aromatic rings. The van der Waals surface area contributed by atoms with Crippen molar-refractivity contribution >= 4 is 11.6 Å². The van der Waals surface area contributed by atoms with Crippen LogP contribution < -0.4 is 0 Å². The van der Waals surface area contributed by atoms with E-state index in [-0.39, 0.29) is 12.8 Å². The van der Waals surface area contributed by atoms with Crippen molar-refractivity contribution < 1.29 is 14.0 Å². The molecule has 1 rings (SSSR count). The molecule has 0 bridgehead atoms. The van der Waals surface area contributed by atoms with Crippen LogP contribution in [0.1, 0.15) is 25.7 Å². The largest absolute Gasteiger partial charge is 0.296 e. The van der Waals surface area contributed by atoms with Crippen LogP contribution in [-0.4, -0.2) is 17.7 Å². The minimum Gasteiger partial charge on any atom is -0.296 e. The van der Waals surface area contributed by atoms with E-state index >= 15 is 0 Å². The summed E-state index contributed by atoms with van der Waals surface area (Å²) >= 11 is 0. The summed E-state index contributed by atoms with van der Waals surface area (Å²) in [5.41, 5.74) is 0. The van der Waals surface area contributed by atoms with E-state index in [2.05, 4.69) is 0 Å². The molecule has 0 N–H and O–H groups in total. The highest BCUT2D eigenvalue weighted by Gasteiger charge is 2.27. The van der Waals surface area contributed by atoms with E-state index in [1.165, 1.54) is 0 Å². The van der Waals surface area contributed by atoms with Gasteiger partial charge in [-0.15, -0.1) is 0 Å². The quantitative estimate of drug-likeness (QED) is 0.376. The highest BCUT2D eigenvalue weighted by Crippen LogP contribution is 2.13. The Morgan fingerprint density at radius 3 is 1.90 bits per heavy atom. The maximum Gasteiger partial charge on any atom is 0.216 e. The highest BCUT2D eigenvalue weighted by atomic mass is 19.1. The summed E-state index contributed by atoms with van der Waals surface area (Å²) < 4.78 is 12.5. The van der Waals surface area contributed by atoms with Crippen LogP contribution in [0.25, 0.3) is 0 Å². The number of carbonyl (C=O) groups excluding carboxylic acids is 2. The van der Waals surface area contributed by atoms with Gasteiger partial charge < -0.3 is 0 Å². The summed E-state index contributed by atoms with van der Waals surface area (Å²) in [6.45, 7) is 0. The fraction of sp³-hybridized carbons (Fsp3) is 0.714. The standard InChI is InChI=1S/C7H9FO2/c8-7-5(9)3-1-2-4-6(7)10/h7H,1-4H2. The van der Waals surface area contributed by atoms with Crippen molar-refractivity contribution in [1.82, 2.24) is 0 Å². The van der Waals surface area contributed by atoms with E-state index in [1.807, 2.05) is 0 Å². The molecule has 0 saturated heterocycles. The second kappa shape index (κ2) is 2.90. The van der Waals surface area contributed by atoms with Crippen LogP contribution in [0.2, 0.25) is 0 Å². The van der Waals surface area contributed by atoms with Gasteiger partial charge in [0.25, 0.3) is 0 Å². The topological polar surface area (TPSA) is 34.1 Å². The lowest BCUT2D eigenvalue weighted by molar-refractivity contribution is -0.133. The van der Waals surface area contributed by atoms with Gasteiger partial charge in [-0.1, -0.05) is 0 Å². The molecular weight excluding hydrogens is 135 g/mol. The molecule has 0 aromatic carbocycles. The third-order valence-corrected chi connectivity index (χ3v) is 1.66. The average molecular weight is 144 g/mol. The summed E-state index contributed by atoms with van der Waals surface area (Å²) in [6.07, 6.45) is -0.0435. The van der Waals surface area contributed by atoms with Gasteiger partial charge in [-0.2, -0.15) is 0 Å². The Hall–Kier alpha value is -0.730. The first-order chi connectivity index (χ1) is 4.72. The van der Waals surface area contributed by atoms with Gasteiger partial charge in [0, 0.05) is 12.8 Å². The van der Waals surface area contributed by atoms with E-state index in [1.54, 1.807) is 0 Å². The summed E-state index contributed by atoms with van der Waals surface area (Å²) in [5.74, 6) is -1.08. The van der Waals surface area contributed by atoms with Crippen molar-refractivity contribution in [2.45, 2.75) is 31.9 Å². The number of hydrogen-bond acceptors (Lipinski definition) is 2. The van der Waals surface area contributed by atoms with Crippen LogP contribution in [-0.2, 0) is 9.59 Å². The molecule has 10 heavy (non-hydrogen) atoms. The molecule has 0 amide bonds. The van der Waals surface area contributed by atoms with E-state index in [9.17, 15) is 14.0 Å². The van der Waals surface area contributed by atoms with Gasteiger partial charge in [-0.25, -0.2) is 4.39 Å². The monoisotopic (exact) mass is 144 g/mol. The Balaban J connectivity index is 2.64. The molecule has 56 valence electrons. The zero-order valence-electron chi connectivity index (χ0n) is 5.60. The van der Waals surface area contributed by atoms with Gasteiger partial charge in [-0.05, 0) is 12.8 Å². The van der Waals surface area contributed by atoms with Gasteiger partial charge in [0.1, 0.15) is 0 Å². The molecule has 2 nitrogen and oxygen atoms in total. The SMILES string of the molecule is O=C1CCCCC(=O)C1F. The van der Waals surface area contributed by atoms with E-state index < -0.39 is 17.7 Å². The molecule has 3 heteroatoms. The zero-order valence-corrected chi connectivity index (χ0v) is 5.60. The molecule has 1 aliphatic rings. The van der Waals surface area contributed by atoms with Gasteiger partial charge in [0.2, 0.25) is 6.17 Å². The Morgan fingerprint density at radius 1 is 1.10 bits per heavy atom. The molecule has 0 spiro atoms. The Labute approximate surface area is 58.4 Å². The minimum absolute atomic E-state index is 0.229. The number of Topliss-reactive ketones (excluding diaryl/α,β-unsaturated/α-hetero) is 2. The van der Waals surface area contributed by atoms with Crippen molar-refractivity contribution in [3.63, 3.8) is 0 Å². The molecule has 0 aromatic heterocycles. The fourth-order valence-electron chi connectivity index (χ4n) is 1.03. The minimum atomic E-state index is -1.82.